The highest BCUT2D eigenvalue weighted by Gasteiger charge is 2.15. The maximum atomic E-state index is 12.3. The Balaban J connectivity index is 2.30. The second-order valence-corrected chi connectivity index (χ2v) is 5.04. The molecule has 0 atom stereocenters. The van der Waals surface area contributed by atoms with Crippen molar-refractivity contribution in [3.8, 4) is 5.88 Å². The zero-order chi connectivity index (χ0) is 15.4. The Morgan fingerprint density at radius 3 is 2.76 bits per heavy atom. The number of nitrogens with zero attached hydrogens (tertiary/aromatic N) is 3. The molecule has 0 bridgehead atoms. The number of rotatable bonds is 4. The predicted octanol–water partition coefficient (Wildman–Crippen LogP) is 2.25. The number of nitrogens with one attached hydrogen (secondary N) is 2. The number of hydrogen-bond acceptors (Lipinski definition) is 6. The van der Waals surface area contributed by atoms with E-state index in [2.05, 4.69) is 41.5 Å². The summed E-state index contributed by atoms with van der Waals surface area (Å²) in [6.45, 7) is 1.79. The van der Waals surface area contributed by atoms with Crippen molar-refractivity contribution in [3.63, 3.8) is 0 Å². The van der Waals surface area contributed by atoms with Crippen molar-refractivity contribution in [1.29, 1.82) is 0 Å². The molecule has 0 aromatic carbocycles. The van der Waals surface area contributed by atoms with E-state index >= 15 is 0 Å². The number of amides is 1. The Bertz CT molecular complexity index is 678. The van der Waals surface area contributed by atoms with Crippen LogP contribution in [0, 0.1) is 6.92 Å². The summed E-state index contributed by atoms with van der Waals surface area (Å²) in [4.78, 5) is 24.7. The maximum Gasteiger partial charge on any atom is 0.261 e. The number of carbonyl (C=O) groups excluding carboxylic acids is 1. The molecule has 2 N–H and O–H groups in total. The number of halogens is 1. The summed E-state index contributed by atoms with van der Waals surface area (Å²) in [5, 5.41) is 5.50. The minimum atomic E-state index is -0.360. The molecule has 2 aromatic rings. The second-order valence-electron chi connectivity index (χ2n) is 4.13. The molecule has 2 rings (SSSR count). The number of ether oxygens (including phenoxy) is 1. The summed E-state index contributed by atoms with van der Waals surface area (Å²) in [6.07, 6.45) is 1.61. The number of aromatic nitrogens is 3. The van der Waals surface area contributed by atoms with E-state index in [0.29, 0.717) is 27.4 Å². The van der Waals surface area contributed by atoms with Gasteiger partial charge in [0.2, 0.25) is 11.8 Å². The first-order chi connectivity index (χ1) is 10.0. The number of anilines is 2. The Morgan fingerprint density at radius 1 is 1.33 bits per heavy atom. The van der Waals surface area contributed by atoms with Crippen LogP contribution in [-0.2, 0) is 0 Å². The second kappa shape index (κ2) is 6.49. The third kappa shape index (κ3) is 3.66. The van der Waals surface area contributed by atoms with Crippen LogP contribution in [0.15, 0.2) is 22.8 Å². The average molecular weight is 352 g/mol. The molecule has 8 heteroatoms. The van der Waals surface area contributed by atoms with E-state index in [1.54, 1.807) is 32.3 Å². The molecular weight excluding hydrogens is 338 g/mol. The number of pyridine rings is 1. The summed E-state index contributed by atoms with van der Waals surface area (Å²) in [5.41, 5.74) is 1.08. The Hall–Kier alpha value is -2.22. The van der Waals surface area contributed by atoms with Crippen LogP contribution in [0.1, 0.15) is 16.1 Å². The van der Waals surface area contributed by atoms with Crippen LogP contribution < -0.4 is 15.4 Å². The summed E-state index contributed by atoms with van der Waals surface area (Å²) in [5.74, 6) is 0.675. The zero-order valence-electron chi connectivity index (χ0n) is 11.8. The van der Waals surface area contributed by atoms with Gasteiger partial charge in [-0.2, -0.15) is 4.98 Å². The van der Waals surface area contributed by atoms with Crippen molar-refractivity contribution in [2.75, 3.05) is 24.8 Å². The molecule has 0 radical (unpaired) electrons. The van der Waals surface area contributed by atoms with E-state index in [1.807, 2.05) is 0 Å². The van der Waals surface area contributed by atoms with Gasteiger partial charge in [0.15, 0.2) is 0 Å². The zero-order valence-corrected chi connectivity index (χ0v) is 13.4. The molecule has 0 saturated carbocycles. The summed E-state index contributed by atoms with van der Waals surface area (Å²) in [6, 6.07) is 3.34. The predicted molar refractivity (Wildman–Crippen MR) is 82.8 cm³/mol. The number of methoxy groups -OCH3 is 1. The molecule has 110 valence electrons. The highest BCUT2D eigenvalue weighted by molar-refractivity contribution is 9.10. The first kappa shape index (κ1) is 15.2. The van der Waals surface area contributed by atoms with Crippen LogP contribution >= 0.6 is 15.9 Å². The van der Waals surface area contributed by atoms with E-state index in [-0.39, 0.29) is 11.9 Å². The molecule has 0 saturated heterocycles. The van der Waals surface area contributed by atoms with Crippen molar-refractivity contribution in [3.05, 3.63) is 34.1 Å². The Morgan fingerprint density at radius 2 is 2.10 bits per heavy atom. The van der Waals surface area contributed by atoms with Gasteiger partial charge in [-0.25, -0.2) is 9.97 Å². The van der Waals surface area contributed by atoms with Crippen molar-refractivity contribution in [2.24, 2.45) is 0 Å². The van der Waals surface area contributed by atoms with E-state index < -0.39 is 0 Å². The number of hydrogen-bond donors (Lipinski definition) is 2. The topological polar surface area (TPSA) is 89.0 Å². The third-order valence-corrected chi connectivity index (χ3v) is 3.03. The van der Waals surface area contributed by atoms with E-state index in [4.69, 9.17) is 4.74 Å². The lowest BCUT2D eigenvalue weighted by Gasteiger charge is -2.09. The first-order valence-corrected chi connectivity index (χ1v) is 6.87. The fourth-order valence-corrected chi connectivity index (χ4v) is 2.01. The van der Waals surface area contributed by atoms with Gasteiger partial charge in [-0.1, -0.05) is 0 Å². The van der Waals surface area contributed by atoms with E-state index in [9.17, 15) is 4.79 Å². The molecule has 0 aliphatic rings. The minimum absolute atomic E-state index is 0.180. The molecule has 0 aliphatic heterocycles. The van der Waals surface area contributed by atoms with Gasteiger partial charge >= 0.3 is 0 Å². The molecule has 2 heterocycles. The van der Waals surface area contributed by atoms with Crippen LogP contribution in [0.25, 0.3) is 0 Å². The normalized spacial score (nSPS) is 10.1. The van der Waals surface area contributed by atoms with Gasteiger partial charge in [-0.3, -0.25) is 10.1 Å². The number of carbonyl (C=O) groups is 1. The standard InChI is InChI=1S/C13H14BrN5O2/c1-7-4-10(21-3)18-13(17-7)19-12(20)9-5-8(14)6-16-11(9)15-2/h4-6H,1-3H3,(H,15,16)(H,17,18,19,20). The van der Waals surface area contributed by atoms with E-state index in [1.165, 1.54) is 7.11 Å². The molecule has 1 amide bonds. The first-order valence-electron chi connectivity index (χ1n) is 6.08. The largest absolute Gasteiger partial charge is 0.481 e. The van der Waals surface area contributed by atoms with Crippen molar-refractivity contribution in [1.82, 2.24) is 15.0 Å². The quantitative estimate of drug-likeness (QED) is 0.877. The van der Waals surface area contributed by atoms with Crippen molar-refractivity contribution in [2.45, 2.75) is 6.92 Å². The summed E-state index contributed by atoms with van der Waals surface area (Å²) < 4.78 is 5.76. The molecule has 0 fully saturated rings. The Kier molecular flexibility index (Phi) is 4.69. The number of aryl methyl sites for hydroxylation is 1. The van der Waals surface area contributed by atoms with Crippen LogP contribution in [-0.4, -0.2) is 35.0 Å². The average Bonchev–Trinajstić information content (AvgIpc) is 2.46. The van der Waals surface area contributed by atoms with Gasteiger partial charge in [0, 0.05) is 29.5 Å². The van der Waals surface area contributed by atoms with E-state index in [0.717, 1.165) is 0 Å². The molecule has 21 heavy (non-hydrogen) atoms. The molecule has 2 aromatic heterocycles. The molecule has 7 nitrogen and oxygen atoms in total. The Labute approximate surface area is 130 Å². The fourth-order valence-electron chi connectivity index (χ4n) is 1.68. The minimum Gasteiger partial charge on any atom is -0.481 e. The molecule has 0 aliphatic carbocycles. The summed E-state index contributed by atoms with van der Waals surface area (Å²) >= 11 is 3.29. The maximum absolute atomic E-state index is 12.3. The lowest BCUT2D eigenvalue weighted by atomic mass is 10.2. The fraction of sp³-hybridized carbons (Fsp3) is 0.231. The van der Waals surface area contributed by atoms with Gasteiger partial charge < -0.3 is 10.1 Å². The monoisotopic (exact) mass is 351 g/mol. The van der Waals surface area contributed by atoms with Crippen LogP contribution in [0.4, 0.5) is 11.8 Å². The highest BCUT2D eigenvalue weighted by atomic mass is 79.9. The van der Waals surface area contributed by atoms with Crippen LogP contribution in [0.3, 0.4) is 0 Å². The third-order valence-electron chi connectivity index (χ3n) is 2.60. The smallest absolute Gasteiger partial charge is 0.261 e. The lowest BCUT2D eigenvalue weighted by molar-refractivity contribution is 0.102. The summed E-state index contributed by atoms with van der Waals surface area (Å²) in [7, 11) is 3.20. The van der Waals surface area contributed by atoms with Gasteiger partial charge in [-0.15, -0.1) is 0 Å². The van der Waals surface area contributed by atoms with Gasteiger partial charge in [-0.05, 0) is 28.9 Å². The molecular formula is C13H14BrN5O2. The van der Waals surface area contributed by atoms with Gasteiger partial charge in [0.05, 0.1) is 12.7 Å². The van der Waals surface area contributed by atoms with Crippen LogP contribution in [0.5, 0.6) is 5.88 Å². The van der Waals surface area contributed by atoms with Gasteiger partial charge in [0.1, 0.15) is 5.82 Å². The van der Waals surface area contributed by atoms with Gasteiger partial charge in [0.25, 0.3) is 5.91 Å². The highest BCUT2D eigenvalue weighted by Crippen LogP contribution is 2.19. The lowest BCUT2D eigenvalue weighted by Crippen LogP contribution is -2.17. The molecule has 0 unspecified atom stereocenters. The molecule has 0 spiro atoms. The van der Waals surface area contributed by atoms with Crippen molar-refractivity contribution < 1.29 is 9.53 Å². The SMILES string of the molecule is CNc1ncc(Br)cc1C(=O)Nc1nc(C)cc(OC)n1. The van der Waals surface area contributed by atoms with Crippen LogP contribution in [0.2, 0.25) is 0 Å². The van der Waals surface area contributed by atoms with Crippen molar-refractivity contribution >= 4 is 33.6 Å².